The Morgan fingerprint density at radius 1 is 1.29 bits per heavy atom. The summed E-state index contributed by atoms with van der Waals surface area (Å²) in [4.78, 5) is 4.88. The van der Waals surface area contributed by atoms with Crippen LogP contribution in [0.3, 0.4) is 0 Å². The van der Waals surface area contributed by atoms with Crippen LogP contribution in [-0.4, -0.2) is 48.6 Å². The summed E-state index contributed by atoms with van der Waals surface area (Å²) >= 11 is 0. The minimum atomic E-state index is -0.330. The Morgan fingerprint density at radius 2 is 2.10 bits per heavy atom. The monoisotopic (exact) mass is 290 g/mol. The summed E-state index contributed by atoms with van der Waals surface area (Å²) in [6.45, 7) is 5.30. The molecule has 0 radical (unpaired) electrons. The van der Waals surface area contributed by atoms with Gasteiger partial charge in [0.15, 0.2) is 11.4 Å². The fraction of sp³-hybridized carbons (Fsp3) is 0.467. The summed E-state index contributed by atoms with van der Waals surface area (Å²) in [5.41, 5.74) is 3.18. The quantitative estimate of drug-likeness (QED) is 0.654. The Morgan fingerprint density at radius 3 is 2.71 bits per heavy atom. The zero-order valence-corrected chi connectivity index (χ0v) is 11.8. The molecule has 5 nitrogen and oxygen atoms in total. The van der Waals surface area contributed by atoms with Crippen LogP contribution >= 0.6 is 0 Å². The van der Waals surface area contributed by atoms with Gasteiger partial charge in [-0.1, -0.05) is 12.1 Å². The number of hydrazine groups is 1. The van der Waals surface area contributed by atoms with Crippen LogP contribution in [0.1, 0.15) is 11.8 Å². The van der Waals surface area contributed by atoms with Gasteiger partial charge < -0.3 is 4.42 Å². The number of para-hydroxylation sites is 1. The smallest absolute Gasteiger partial charge is 0.169 e. The number of furan rings is 1. The SMILES string of the molecule is NNC(c1cc2cccc(F)c2o1)C1CN2CCN1CC2. The van der Waals surface area contributed by atoms with Gasteiger partial charge in [-0.15, -0.1) is 0 Å². The predicted octanol–water partition coefficient (Wildman–Crippen LogP) is 1.08. The van der Waals surface area contributed by atoms with Crippen molar-refractivity contribution in [2.45, 2.75) is 12.1 Å². The number of benzene rings is 1. The third-order valence-corrected chi connectivity index (χ3v) is 4.71. The van der Waals surface area contributed by atoms with Gasteiger partial charge in [0.25, 0.3) is 0 Å². The van der Waals surface area contributed by atoms with Crippen LogP contribution in [0.25, 0.3) is 11.0 Å². The average molecular weight is 290 g/mol. The van der Waals surface area contributed by atoms with E-state index in [1.165, 1.54) is 6.07 Å². The van der Waals surface area contributed by atoms with E-state index in [2.05, 4.69) is 15.2 Å². The lowest BCUT2D eigenvalue weighted by molar-refractivity contribution is -0.00669. The van der Waals surface area contributed by atoms with Crippen molar-refractivity contribution in [2.24, 2.45) is 5.84 Å². The van der Waals surface area contributed by atoms with E-state index in [0.717, 1.165) is 38.1 Å². The molecule has 0 saturated carbocycles. The van der Waals surface area contributed by atoms with Crippen molar-refractivity contribution in [2.75, 3.05) is 32.7 Å². The molecular weight excluding hydrogens is 271 g/mol. The van der Waals surface area contributed by atoms with Gasteiger partial charge in [-0.2, -0.15) is 0 Å². The first-order valence-corrected chi connectivity index (χ1v) is 7.37. The average Bonchev–Trinajstić information content (AvgIpc) is 2.95. The summed E-state index contributed by atoms with van der Waals surface area (Å²) in [5.74, 6) is 6.15. The fourth-order valence-electron chi connectivity index (χ4n) is 3.56. The number of halogens is 1. The fourth-order valence-corrected chi connectivity index (χ4v) is 3.56. The number of fused-ring (bicyclic) bond motifs is 4. The molecule has 2 unspecified atom stereocenters. The Labute approximate surface area is 122 Å². The number of nitrogens with one attached hydrogen (secondary N) is 1. The van der Waals surface area contributed by atoms with Crippen molar-refractivity contribution in [1.29, 1.82) is 0 Å². The van der Waals surface area contributed by atoms with E-state index in [-0.39, 0.29) is 17.9 Å². The molecule has 2 aromatic rings. The number of piperazine rings is 3. The minimum Gasteiger partial charge on any atom is -0.456 e. The summed E-state index contributed by atoms with van der Waals surface area (Å²) in [5, 5.41) is 0.779. The van der Waals surface area contributed by atoms with Crippen LogP contribution in [0, 0.1) is 5.82 Å². The van der Waals surface area contributed by atoms with E-state index in [9.17, 15) is 4.39 Å². The molecule has 0 spiro atoms. The van der Waals surface area contributed by atoms with Crippen LogP contribution < -0.4 is 11.3 Å². The Hall–Kier alpha value is -1.47. The summed E-state index contributed by atoms with van der Waals surface area (Å²) < 4.78 is 19.5. The van der Waals surface area contributed by atoms with Gasteiger partial charge in [0, 0.05) is 44.2 Å². The Kier molecular flexibility index (Phi) is 3.19. The maximum atomic E-state index is 13.8. The van der Waals surface area contributed by atoms with E-state index in [4.69, 9.17) is 10.3 Å². The first-order chi connectivity index (χ1) is 10.3. The minimum absolute atomic E-state index is 0.125. The van der Waals surface area contributed by atoms with Gasteiger partial charge in [-0.05, 0) is 12.1 Å². The van der Waals surface area contributed by atoms with Crippen LogP contribution in [0.2, 0.25) is 0 Å². The highest BCUT2D eigenvalue weighted by atomic mass is 19.1. The summed E-state index contributed by atoms with van der Waals surface area (Å²) in [7, 11) is 0. The number of nitrogens with two attached hydrogens (primary N) is 1. The third kappa shape index (κ3) is 2.15. The molecule has 1 aromatic carbocycles. The molecule has 112 valence electrons. The molecule has 3 saturated heterocycles. The van der Waals surface area contributed by atoms with Crippen molar-refractivity contribution >= 4 is 11.0 Å². The zero-order valence-electron chi connectivity index (χ0n) is 11.8. The largest absolute Gasteiger partial charge is 0.456 e. The topological polar surface area (TPSA) is 57.7 Å². The van der Waals surface area contributed by atoms with Crippen molar-refractivity contribution in [3.63, 3.8) is 0 Å². The van der Waals surface area contributed by atoms with Crippen molar-refractivity contribution in [3.05, 3.63) is 35.8 Å². The molecule has 4 heterocycles. The van der Waals surface area contributed by atoms with Crippen molar-refractivity contribution < 1.29 is 8.81 Å². The second kappa shape index (κ2) is 5.06. The lowest BCUT2D eigenvalue weighted by Gasteiger charge is -2.49. The molecular formula is C15H19FN4O. The normalized spacial score (nSPS) is 29.9. The van der Waals surface area contributed by atoms with Crippen molar-refractivity contribution in [1.82, 2.24) is 15.2 Å². The van der Waals surface area contributed by atoms with E-state index in [1.807, 2.05) is 12.1 Å². The van der Waals surface area contributed by atoms with Crippen LogP contribution in [0.5, 0.6) is 0 Å². The maximum absolute atomic E-state index is 13.8. The Bertz CT molecular complexity index is 650. The molecule has 2 bridgehead atoms. The van der Waals surface area contributed by atoms with Gasteiger partial charge in [0.05, 0.1) is 6.04 Å². The number of rotatable bonds is 3. The van der Waals surface area contributed by atoms with Gasteiger partial charge in [-0.3, -0.25) is 15.6 Å². The molecule has 3 aliphatic rings. The molecule has 2 atom stereocenters. The second-order valence-corrected chi connectivity index (χ2v) is 5.86. The predicted molar refractivity (Wildman–Crippen MR) is 78.0 cm³/mol. The molecule has 1 aromatic heterocycles. The van der Waals surface area contributed by atoms with Gasteiger partial charge in [0.2, 0.25) is 0 Å². The van der Waals surface area contributed by atoms with Gasteiger partial charge >= 0.3 is 0 Å². The standard InChI is InChI=1S/C15H19FN4O/c16-11-3-1-2-10-8-13(21-15(10)11)14(18-17)12-9-19-4-6-20(12)7-5-19/h1-3,8,12,14,18H,4-7,9,17H2. The Balaban J connectivity index is 1.69. The molecule has 3 aliphatic heterocycles. The molecule has 21 heavy (non-hydrogen) atoms. The maximum Gasteiger partial charge on any atom is 0.169 e. The summed E-state index contributed by atoms with van der Waals surface area (Å²) in [6.07, 6.45) is 0. The number of hydrogen-bond acceptors (Lipinski definition) is 5. The molecule has 5 rings (SSSR count). The lowest BCUT2D eigenvalue weighted by atomic mass is 9.98. The molecule has 3 N–H and O–H groups in total. The molecule has 3 fully saturated rings. The zero-order chi connectivity index (χ0) is 14.4. The van der Waals surface area contributed by atoms with E-state index >= 15 is 0 Å². The highest BCUT2D eigenvalue weighted by molar-refractivity contribution is 5.78. The highest BCUT2D eigenvalue weighted by Crippen LogP contribution is 2.31. The number of nitrogens with zero attached hydrogens (tertiary/aromatic N) is 2. The lowest BCUT2D eigenvalue weighted by Crippen LogP contribution is -2.64. The molecule has 0 aliphatic carbocycles. The summed E-state index contributed by atoms with van der Waals surface area (Å²) in [6, 6.07) is 7.00. The second-order valence-electron chi connectivity index (χ2n) is 5.86. The van der Waals surface area contributed by atoms with Crippen LogP contribution in [-0.2, 0) is 0 Å². The first-order valence-electron chi connectivity index (χ1n) is 7.37. The molecule has 6 heteroatoms. The van der Waals surface area contributed by atoms with E-state index in [0.29, 0.717) is 11.3 Å². The third-order valence-electron chi connectivity index (χ3n) is 4.71. The first kappa shape index (κ1) is 13.2. The van der Waals surface area contributed by atoms with Crippen LogP contribution in [0.4, 0.5) is 4.39 Å². The van der Waals surface area contributed by atoms with Gasteiger partial charge in [-0.25, -0.2) is 9.82 Å². The molecule has 0 amide bonds. The van der Waals surface area contributed by atoms with Crippen LogP contribution in [0.15, 0.2) is 28.7 Å². The van der Waals surface area contributed by atoms with Crippen molar-refractivity contribution in [3.8, 4) is 0 Å². The van der Waals surface area contributed by atoms with E-state index in [1.54, 1.807) is 6.07 Å². The van der Waals surface area contributed by atoms with E-state index < -0.39 is 0 Å². The van der Waals surface area contributed by atoms with Gasteiger partial charge in [0.1, 0.15) is 5.76 Å². The number of hydrogen-bond donors (Lipinski definition) is 2. The highest BCUT2D eigenvalue weighted by Gasteiger charge is 2.38.